The number of nitrogens with zero attached hydrogens (tertiary/aromatic N) is 2. The first kappa shape index (κ1) is 20.3. The summed E-state index contributed by atoms with van der Waals surface area (Å²) in [6.45, 7) is 0. The maximum Gasteiger partial charge on any atom is 0.277 e. The highest BCUT2D eigenvalue weighted by Crippen LogP contribution is 2.25. The second kappa shape index (κ2) is 8.51. The van der Waals surface area contributed by atoms with Crippen LogP contribution in [-0.2, 0) is 12.8 Å². The van der Waals surface area contributed by atoms with Gasteiger partial charge in [0.25, 0.3) is 5.56 Å². The van der Waals surface area contributed by atoms with Crippen molar-refractivity contribution in [3.8, 4) is 17.2 Å². The second-order valence-corrected chi connectivity index (χ2v) is 8.42. The van der Waals surface area contributed by atoms with E-state index < -0.39 is 0 Å². The number of aromatic nitrogens is 4. The molecule has 0 saturated heterocycles. The first-order valence-electron chi connectivity index (χ1n) is 10.3. The van der Waals surface area contributed by atoms with Gasteiger partial charge in [-0.2, -0.15) is 4.68 Å². The van der Waals surface area contributed by atoms with Crippen LogP contribution < -0.4 is 5.56 Å². The number of halogens is 1. The fraction of sp³-hybridized carbons (Fsp3) is 0.120. The standard InChI is InChI=1S/C25H21FN4OS/c1-32-19-13-9-17(10-14-19)23-20(15-8-16-6-11-18(26)12-7-16)24(31)30(29-23)25-27-21-4-2-3-5-22(21)28-25/h2-7,9-14,29H,8,15H2,1H3,(H,27,28). The Labute approximate surface area is 188 Å². The molecule has 7 heteroatoms. The number of para-hydroxylation sites is 2. The lowest BCUT2D eigenvalue weighted by Gasteiger charge is -2.05. The number of imidazole rings is 1. The Kier molecular flexibility index (Phi) is 5.41. The van der Waals surface area contributed by atoms with Gasteiger partial charge in [0.15, 0.2) is 0 Å². The zero-order valence-electron chi connectivity index (χ0n) is 17.4. The van der Waals surface area contributed by atoms with E-state index in [-0.39, 0.29) is 11.4 Å². The van der Waals surface area contributed by atoms with Crippen molar-refractivity contribution in [2.45, 2.75) is 17.7 Å². The molecule has 0 fully saturated rings. The summed E-state index contributed by atoms with van der Waals surface area (Å²) in [5, 5.41) is 3.27. The monoisotopic (exact) mass is 444 g/mol. The molecule has 0 aliphatic carbocycles. The van der Waals surface area contributed by atoms with Gasteiger partial charge in [-0.1, -0.05) is 36.4 Å². The van der Waals surface area contributed by atoms with Crippen LogP contribution in [0.25, 0.3) is 28.2 Å². The van der Waals surface area contributed by atoms with Gasteiger partial charge in [-0.25, -0.2) is 9.37 Å². The van der Waals surface area contributed by atoms with Gasteiger partial charge in [0.1, 0.15) is 5.82 Å². The minimum Gasteiger partial charge on any atom is -0.322 e. The van der Waals surface area contributed by atoms with Crippen molar-refractivity contribution in [2.24, 2.45) is 0 Å². The fourth-order valence-corrected chi connectivity index (χ4v) is 4.22. The molecule has 0 radical (unpaired) electrons. The van der Waals surface area contributed by atoms with Crippen LogP contribution in [0.1, 0.15) is 11.1 Å². The lowest BCUT2D eigenvalue weighted by atomic mass is 10.0. The molecule has 0 spiro atoms. The third-order valence-corrected chi connectivity index (χ3v) is 6.27. The minimum absolute atomic E-state index is 0.143. The largest absolute Gasteiger partial charge is 0.322 e. The summed E-state index contributed by atoms with van der Waals surface area (Å²) in [6, 6.07) is 22.2. The first-order valence-corrected chi connectivity index (χ1v) is 11.5. The van der Waals surface area contributed by atoms with E-state index in [1.807, 2.05) is 54.8 Å². The molecule has 2 N–H and O–H groups in total. The highest BCUT2D eigenvalue weighted by atomic mass is 32.2. The molecule has 0 aliphatic rings. The Hall–Kier alpha value is -3.58. The Balaban J connectivity index is 1.58. The molecule has 2 heterocycles. The molecule has 5 rings (SSSR count). The van der Waals surface area contributed by atoms with Crippen LogP contribution in [0.5, 0.6) is 0 Å². The number of thioether (sulfide) groups is 1. The van der Waals surface area contributed by atoms with Crippen LogP contribution in [0.2, 0.25) is 0 Å². The Morgan fingerprint density at radius 3 is 2.44 bits per heavy atom. The van der Waals surface area contributed by atoms with Gasteiger partial charge in [0.05, 0.1) is 16.7 Å². The van der Waals surface area contributed by atoms with Crippen molar-refractivity contribution in [3.05, 3.63) is 100 Å². The van der Waals surface area contributed by atoms with Crippen LogP contribution in [0.4, 0.5) is 4.39 Å². The van der Waals surface area contributed by atoms with Crippen molar-refractivity contribution in [2.75, 3.05) is 6.26 Å². The number of hydrogen-bond donors (Lipinski definition) is 2. The summed E-state index contributed by atoms with van der Waals surface area (Å²) in [7, 11) is 0. The molecular weight excluding hydrogens is 423 g/mol. The Bertz CT molecular complexity index is 1400. The van der Waals surface area contributed by atoms with E-state index in [2.05, 4.69) is 15.1 Å². The van der Waals surface area contributed by atoms with Crippen LogP contribution in [0, 0.1) is 5.82 Å². The lowest BCUT2D eigenvalue weighted by Crippen LogP contribution is -2.18. The molecular formula is C25H21FN4OS. The molecule has 32 heavy (non-hydrogen) atoms. The summed E-state index contributed by atoms with van der Waals surface area (Å²) >= 11 is 1.67. The van der Waals surface area contributed by atoms with E-state index in [4.69, 9.17) is 0 Å². The average molecular weight is 445 g/mol. The third kappa shape index (κ3) is 3.87. The number of benzene rings is 3. The number of H-pyrrole nitrogens is 2. The van der Waals surface area contributed by atoms with Crippen LogP contribution in [0.15, 0.2) is 82.5 Å². The summed E-state index contributed by atoms with van der Waals surface area (Å²) in [5.74, 6) is 0.184. The summed E-state index contributed by atoms with van der Waals surface area (Å²) < 4.78 is 14.7. The predicted molar refractivity (Wildman–Crippen MR) is 127 cm³/mol. The second-order valence-electron chi connectivity index (χ2n) is 7.54. The molecule has 0 atom stereocenters. The number of rotatable bonds is 6. The van der Waals surface area contributed by atoms with Crippen LogP contribution in [-0.4, -0.2) is 26.0 Å². The molecule has 0 saturated carbocycles. The number of fused-ring (bicyclic) bond motifs is 1. The molecule has 0 unspecified atom stereocenters. The van der Waals surface area contributed by atoms with Crippen molar-refractivity contribution >= 4 is 22.8 Å². The van der Waals surface area contributed by atoms with Gasteiger partial charge in [-0.3, -0.25) is 9.89 Å². The molecule has 0 bridgehead atoms. The summed E-state index contributed by atoms with van der Waals surface area (Å²) in [5.41, 5.74) is 4.87. The topological polar surface area (TPSA) is 66.5 Å². The Morgan fingerprint density at radius 1 is 0.969 bits per heavy atom. The van der Waals surface area contributed by atoms with Crippen LogP contribution in [0.3, 0.4) is 0 Å². The number of aryl methyl sites for hydroxylation is 1. The average Bonchev–Trinajstić information content (AvgIpc) is 3.39. The molecule has 2 aromatic heterocycles. The van der Waals surface area contributed by atoms with Gasteiger partial charge in [-0.05, 0) is 66.6 Å². The van der Waals surface area contributed by atoms with Crippen LogP contribution >= 0.6 is 11.8 Å². The van der Waals surface area contributed by atoms with Gasteiger partial charge in [-0.15, -0.1) is 11.8 Å². The first-order chi connectivity index (χ1) is 15.6. The third-order valence-electron chi connectivity index (χ3n) is 5.53. The zero-order chi connectivity index (χ0) is 22.1. The summed E-state index contributed by atoms with van der Waals surface area (Å²) in [6.07, 6.45) is 3.18. The van der Waals surface area contributed by atoms with E-state index in [1.54, 1.807) is 23.9 Å². The SMILES string of the molecule is CSc1ccc(-c2[nH]n(-c3nc4ccccc4[nH]3)c(=O)c2CCc2ccc(F)cc2)cc1. The molecule has 3 aromatic carbocycles. The van der Waals surface area contributed by atoms with E-state index in [0.29, 0.717) is 24.4 Å². The molecule has 5 aromatic rings. The number of aromatic amines is 2. The van der Waals surface area contributed by atoms with Crippen molar-refractivity contribution in [3.63, 3.8) is 0 Å². The van der Waals surface area contributed by atoms with E-state index in [0.717, 1.165) is 32.7 Å². The molecule has 160 valence electrons. The van der Waals surface area contributed by atoms with E-state index in [1.165, 1.54) is 16.8 Å². The molecule has 0 amide bonds. The Morgan fingerprint density at radius 2 is 1.72 bits per heavy atom. The molecule has 5 nitrogen and oxygen atoms in total. The van der Waals surface area contributed by atoms with Gasteiger partial charge in [0.2, 0.25) is 5.95 Å². The van der Waals surface area contributed by atoms with E-state index in [9.17, 15) is 9.18 Å². The van der Waals surface area contributed by atoms with E-state index >= 15 is 0 Å². The highest BCUT2D eigenvalue weighted by molar-refractivity contribution is 7.98. The number of hydrogen-bond acceptors (Lipinski definition) is 3. The molecule has 0 aliphatic heterocycles. The number of nitrogens with one attached hydrogen (secondary N) is 2. The quantitative estimate of drug-likeness (QED) is 0.347. The van der Waals surface area contributed by atoms with Crippen molar-refractivity contribution in [1.82, 2.24) is 19.7 Å². The van der Waals surface area contributed by atoms with Gasteiger partial charge < -0.3 is 4.98 Å². The predicted octanol–water partition coefficient (Wildman–Crippen LogP) is 5.36. The van der Waals surface area contributed by atoms with Crippen molar-refractivity contribution < 1.29 is 4.39 Å². The maximum atomic E-state index is 13.4. The normalized spacial score (nSPS) is 11.3. The maximum absolute atomic E-state index is 13.4. The highest BCUT2D eigenvalue weighted by Gasteiger charge is 2.18. The van der Waals surface area contributed by atoms with Crippen molar-refractivity contribution in [1.29, 1.82) is 0 Å². The lowest BCUT2D eigenvalue weighted by molar-refractivity contribution is 0.627. The smallest absolute Gasteiger partial charge is 0.277 e. The van der Waals surface area contributed by atoms with Gasteiger partial charge >= 0.3 is 0 Å². The zero-order valence-corrected chi connectivity index (χ0v) is 18.2. The summed E-state index contributed by atoms with van der Waals surface area (Å²) in [4.78, 5) is 22.4. The minimum atomic E-state index is -0.266. The van der Waals surface area contributed by atoms with Gasteiger partial charge in [0, 0.05) is 10.5 Å². The fourth-order valence-electron chi connectivity index (χ4n) is 3.82.